The SMILES string of the molecule is O=C([C@@H]1CCOC1)N1CC[C@@]2(CCN(c3ccsc3)C2=O)C1. The molecular formula is C16H20N2O3S. The summed E-state index contributed by atoms with van der Waals surface area (Å²) in [5.41, 5.74) is 0.651. The molecule has 0 aliphatic carbocycles. The molecule has 0 saturated carbocycles. The van der Waals surface area contributed by atoms with Crippen molar-refractivity contribution in [1.82, 2.24) is 4.90 Å². The number of ether oxygens (including phenoxy) is 1. The van der Waals surface area contributed by atoms with Gasteiger partial charge in [0, 0.05) is 31.6 Å². The van der Waals surface area contributed by atoms with E-state index in [2.05, 4.69) is 0 Å². The molecule has 1 aromatic rings. The molecule has 22 heavy (non-hydrogen) atoms. The molecule has 118 valence electrons. The van der Waals surface area contributed by atoms with E-state index < -0.39 is 0 Å². The van der Waals surface area contributed by atoms with Crippen molar-refractivity contribution in [2.45, 2.75) is 19.3 Å². The highest BCUT2D eigenvalue weighted by molar-refractivity contribution is 7.08. The van der Waals surface area contributed by atoms with Crippen LogP contribution in [-0.4, -0.2) is 49.6 Å². The van der Waals surface area contributed by atoms with Crippen LogP contribution in [0.2, 0.25) is 0 Å². The summed E-state index contributed by atoms with van der Waals surface area (Å²) < 4.78 is 5.32. The summed E-state index contributed by atoms with van der Waals surface area (Å²) in [5.74, 6) is 0.375. The maximum absolute atomic E-state index is 12.9. The van der Waals surface area contributed by atoms with Crippen molar-refractivity contribution >= 4 is 28.8 Å². The van der Waals surface area contributed by atoms with Gasteiger partial charge in [-0.1, -0.05) is 0 Å². The van der Waals surface area contributed by atoms with Gasteiger partial charge >= 0.3 is 0 Å². The van der Waals surface area contributed by atoms with E-state index in [1.165, 1.54) is 0 Å². The van der Waals surface area contributed by atoms with Crippen molar-refractivity contribution in [3.8, 4) is 0 Å². The third kappa shape index (κ3) is 2.16. The highest BCUT2D eigenvalue weighted by atomic mass is 32.1. The van der Waals surface area contributed by atoms with Crippen molar-refractivity contribution in [3.63, 3.8) is 0 Å². The van der Waals surface area contributed by atoms with Gasteiger partial charge in [0.2, 0.25) is 11.8 Å². The topological polar surface area (TPSA) is 49.9 Å². The smallest absolute Gasteiger partial charge is 0.235 e. The monoisotopic (exact) mass is 320 g/mol. The number of rotatable bonds is 2. The molecule has 4 heterocycles. The van der Waals surface area contributed by atoms with Crippen LogP contribution in [0.3, 0.4) is 0 Å². The van der Waals surface area contributed by atoms with Gasteiger partial charge in [0.1, 0.15) is 0 Å². The third-order valence-corrected chi connectivity index (χ3v) is 5.95. The molecule has 3 saturated heterocycles. The van der Waals surface area contributed by atoms with Gasteiger partial charge in [-0.05, 0) is 30.7 Å². The lowest BCUT2D eigenvalue weighted by molar-refractivity contribution is -0.135. The van der Waals surface area contributed by atoms with Crippen LogP contribution < -0.4 is 4.90 Å². The summed E-state index contributed by atoms with van der Waals surface area (Å²) in [4.78, 5) is 29.2. The van der Waals surface area contributed by atoms with Gasteiger partial charge in [-0.15, -0.1) is 0 Å². The van der Waals surface area contributed by atoms with Crippen LogP contribution in [0.1, 0.15) is 19.3 Å². The molecule has 4 rings (SSSR count). The van der Waals surface area contributed by atoms with Crippen molar-refractivity contribution in [1.29, 1.82) is 0 Å². The number of hydrogen-bond donors (Lipinski definition) is 0. The van der Waals surface area contributed by atoms with Crippen LogP contribution in [0.25, 0.3) is 0 Å². The molecule has 5 nitrogen and oxygen atoms in total. The lowest BCUT2D eigenvalue weighted by Gasteiger charge is -2.24. The second-order valence-corrected chi connectivity index (χ2v) is 7.32. The molecule has 0 aromatic carbocycles. The molecule has 0 radical (unpaired) electrons. The van der Waals surface area contributed by atoms with Crippen LogP contribution in [0.15, 0.2) is 16.8 Å². The van der Waals surface area contributed by atoms with E-state index in [-0.39, 0.29) is 23.1 Å². The first-order valence-corrected chi connectivity index (χ1v) is 8.85. The number of anilines is 1. The number of amides is 2. The second-order valence-electron chi connectivity index (χ2n) is 6.54. The van der Waals surface area contributed by atoms with Crippen LogP contribution in [0.4, 0.5) is 5.69 Å². The van der Waals surface area contributed by atoms with Gasteiger partial charge < -0.3 is 14.5 Å². The van der Waals surface area contributed by atoms with E-state index in [1.807, 2.05) is 26.6 Å². The predicted molar refractivity (Wildman–Crippen MR) is 83.8 cm³/mol. The Hall–Kier alpha value is -1.40. The van der Waals surface area contributed by atoms with Gasteiger partial charge in [-0.25, -0.2) is 0 Å². The number of nitrogens with zero attached hydrogens (tertiary/aromatic N) is 2. The number of carbonyl (C=O) groups is 2. The average Bonchev–Trinajstić information content (AvgIpc) is 3.28. The molecule has 6 heteroatoms. The van der Waals surface area contributed by atoms with E-state index >= 15 is 0 Å². The van der Waals surface area contributed by atoms with Gasteiger partial charge in [0.15, 0.2) is 0 Å². The Balaban J connectivity index is 1.47. The minimum Gasteiger partial charge on any atom is -0.381 e. The summed E-state index contributed by atoms with van der Waals surface area (Å²) >= 11 is 1.61. The maximum Gasteiger partial charge on any atom is 0.235 e. The van der Waals surface area contributed by atoms with Crippen molar-refractivity contribution < 1.29 is 14.3 Å². The van der Waals surface area contributed by atoms with Gasteiger partial charge in [-0.2, -0.15) is 11.3 Å². The van der Waals surface area contributed by atoms with E-state index in [1.54, 1.807) is 11.3 Å². The van der Waals surface area contributed by atoms with E-state index in [4.69, 9.17) is 4.74 Å². The standard InChI is InChI=1S/C16H20N2O3S/c19-14(12-1-7-21-9-12)17-5-3-16(11-17)4-6-18(15(16)20)13-2-8-22-10-13/h2,8,10,12H,1,3-7,9,11H2/t12-,16-/m1/s1. The van der Waals surface area contributed by atoms with Crippen molar-refractivity contribution in [3.05, 3.63) is 16.8 Å². The fourth-order valence-corrected chi connectivity index (χ4v) is 4.55. The Labute approximate surface area is 133 Å². The Morgan fingerprint density at radius 2 is 2.23 bits per heavy atom. The molecule has 0 N–H and O–H groups in total. The summed E-state index contributed by atoms with van der Waals surface area (Å²) in [7, 11) is 0. The Morgan fingerprint density at radius 3 is 2.95 bits per heavy atom. The summed E-state index contributed by atoms with van der Waals surface area (Å²) in [5, 5.41) is 4.02. The minimum atomic E-state index is -0.350. The molecular weight excluding hydrogens is 300 g/mol. The number of likely N-dealkylation sites (tertiary alicyclic amines) is 1. The zero-order valence-corrected chi connectivity index (χ0v) is 13.3. The van der Waals surface area contributed by atoms with Crippen LogP contribution in [-0.2, 0) is 14.3 Å². The molecule has 3 aliphatic rings. The van der Waals surface area contributed by atoms with Crippen molar-refractivity contribution in [2.24, 2.45) is 11.3 Å². The van der Waals surface area contributed by atoms with E-state index in [0.29, 0.717) is 26.3 Å². The molecule has 2 atom stereocenters. The summed E-state index contributed by atoms with van der Waals surface area (Å²) in [6, 6.07) is 2.00. The molecule has 1 aromatic heterocycles. The minimum absolute atomic E-state index is 0.000341. The first kappa shape index (κ1) is 14.2. The zero-order chi connectivity index (χ0) is 15.2. The number of thiophene rings is 1. The van der Waals surface area contributed by atoms with Crippen LogP contribution in [0, 0.1) is 11.3 Å². The van der Waals surface area contributed by atoms with Gasteiger partial charge in [0.25, 0.3) is 0 Å². The Morgan fingerprint density at radius 1 is 1.36 bits per heavy atom. The van der Waals surface area contributed by atoms with Gasteiger partial charge in [0.05, 0.1) is 23.6 Å². The van der Waals surface area contributed by atoms with Gasteiger partial charge in [-0.3, -0.25) is 9.59 Å². The quantitative estimate of drug-likeness (QED) is 0.834. The molecule has 1 spiro atoms. The molecule has 2 amide bonds. The second kappa shape index (κ2) is 5.35. The fraction of sp³-hybridized carbons (Fsp3) is 0.625. The highest BCUT2D eigenvalue weighted by Crippen LogP contribution is 2.43. The highest BCUT2D eigenvalue weighted by Gasteiger charge is 2.52. The summed E-state index contributed by atoms with van der Waals surface area (Å²) in [6.07, 6.45) is 2.47. The molecule has 3 aliphatic heterocycles. The predicted octanol–water partition coefficient (Wildman–Crippen LogP) is 1.74. The number of hydrogen-bond acceptors (Lipinski definition) is 4. The summed E-state index contributed by atoms with van der Waals surface area (Å²) in [6.45, 7) is 3.28. The largest absolute Gasteiger partial charge is 0.381 e. The third-order valence-electron chi connectivity index (χ3n) is 5.28. The molecule has 3 fully saturated rings. The fourth-order valence-electron chi connectivity index (χ4n) is 3.90. The van der Waals surface area contributed by atoms with Crippen molar-refractivity contribution in [2.75, 3.05) is 37.7 Å². The average molecular weight is 320 g/mol. The molecule has 0 unspecified atom stereocenters. The number of carbonyl (C=O) groups excluding carboxylic acids is 2. The van der Waals surface area contributed by atoms with Crippen LogP contribution in [0.5, 0.6) is 0 Å². The first-order chi connectivity index (χ1) is 10.7. The Kier molecular flexibility index (Phi) is 3.46. The maximum atomic E-state index is 12.9. The normalized spacial score (nSPS) is 31.6. The lowest BCUT2D eigenvalue weighted by atomic mass is 9.85. The molecule has 0 bridgehead atoms. The zero-order valence-electron chi connectivity index (χ0n) is 12.5. The van der Waals surface area contributed by atoms with E-state index in [0.717, 1.165) is 31.5 Å². The Bertz CT molecular complexity index is 582. The van der Waals surface area contributed by atoms with E-state index in [9.17, 15) is 9.59 Å². The van der Waals surface area contributed by atoms with Crippen LogP contribution >= 0.6 is 11.3 Å². The lowest BCUT2D eigenvalue weighted by Crippen LogP contribution is -2.40. The first-order valence-electron chi connectivity index (χ1n) is 7.90.